The van der Waals surface area contributed by atoms with Gasteiger partial charge < -0.3 is 5.73 Å². The molecule has 2 aromatic rings. The van der Waals surface area contributed by atoms with Crippen LogP contribution >= 0.6 is 0 Å². The van der Waals surface area contributed by atoms with Crippen molar-refractivity contribution in [2.24, 2.45) is 0 Å². The molecule has 0 unspecified atom stereocenters. The Hall–Kier alpha value is -1.96. The molecule has 5 nitrogen and oxygen atoms in total. The van der Waals surface area contributed by atoms with E-state index in [1.54, 1.807) is 6.92 Å². The van der Waals surface area contributed by atoms with Gasteiger partial charge in [-0.05, 0) is 18.2 Å². The maximum absolute atomic E-state index is 13.7. The largest absolute Gasteiger partial charge is 0.396 e. The molecule has 0 aliphatic heterocycles. The van der Waals surface area contributed by atoms with E-state index in [-0.39, 0.29) is 35.0 Å². The van der Waals surface area contributed by atoms with E-state index in [4.69, 9.17) is 5.73 Å². The Labute approximate surface area is 121 Å². The molecule has 0 radical (unpaired) electrons. The maximum atomic E-state index is 13.7. The lowest BCUT2D eigenvalue weighted by Crippen LogP contribution is -2.14. The van der Waals surface area contributed by atoms with Gasteiger partial charge in [0.2, 0.25) is 0 Å². The molecule has 0 aliphatic carbocycles. The molecule has 0 saturated carbocycles. The van der Waals surface area contributed by atoms with E-state index < -0.39 is 21.5 Å². The van der Waals surface area contributed by atoms with Gasteiger partial charge in [0.1, 0.15) is 17.3 Å². The number of nitrogens with two attached hydrogens (primary N) is 1. The third-order valence-electron chi connectivity index (χ3n) is 3.04. The van der Waals surface area contributed by atoms with Crippen molar-refractivity contribution in [3.63, 3.8) is 0 Å². The van der Waals surface area contributed by atoms with Crippen molar-refractivity contribution in [1.82, 2.24) is 9.78 Å². The molecule has 114 valence electrons. The average molecular weight is 315 g/mol. The SMILES string of the molecule is CCS(=O)(=O)CCn1cc(N)c(-c2cc(F)ccc2F)n1. The molecular formula is C13H15F2N3O2S. The second kappa shape index (κ2) is 5.80. The van der Waals surface area contributed by atoms with Crippen LogP contribution in [0, 0.1) is 11.6 Å². The summed E-state index contributed by atoms with van der Waals surface area (Å²) in [4.78, 5) is 0. The van der Waals surface area contributed by atoms with Crippen LogP contribution in [0.2, 0.25) is 0 Å². The number of hydrogen-bond acceptors (Lipinski definition) is 4. The van der Waals surface area contributed by atoms with Crippen LogP contribution in [0.25, 0.3) is 11.3 Å². The second-order valence-corrected chi connectivity index (χ2v) is 7.03. The highest BCUT2D eigenvalue weighted by Gasteiger charge is 2.15. The van der Waals surface area contributed by atoms with Crippen molar-refractivity contribution in [2.75, 3.05) is 17.2 Å². The number of aryl methyl sites for hydroxylation is 1. The molecule has 2 rings (SSSR count). The summed E-state index contributed by atoms with van der Waals surface area (Å²) in [6.45, 7) is 1.66. The number of sulfone groups is 1. The average Bonchev–Trinajstić information content (AvgIpc) is 2.81. The molecule has 1 aromatic heterocycles. The van der Waals surface area contributed by atoms with Gasteiger partial charge in [-0.1, -0.05) is 6.92 Å². The molecule has 0 amide bonds. The van der Waals surface area contributed by atoms with Gasteiger partial charge in [-0.2, -0.15) is 5.10 Å². The fourth-order valence-corrected chi connectivity index (χ4v) is 2.57. The first-order valence-corrected chi connectivity index (χ1v) is 8.13. The first kappa shape index (κ1) is 15.4. The Bertz CT molecular complexity index is 757. The van der Waals surface area contributed by atoms with E-state index in [9.17, 15) is 17.2 Å². The van der Waals surface area contributed by atoms with Gasteiger partial charge in [0.15, 0.2) is 9.84 Å². The summed E-state index contributed by atoms with van der Waals surface area (Å²) in [7, 11) is -3.14. The minimum absolute atomic E-state index is 0.0368. The van der Waals surface area contributed by atoms with E-state index in [0.29, 0.717) is 0 Å². The standard InChI is InChI=1S/C13H15F2N3O2S/c1-2-21(19,20)6-5-18-8-12(16)13(17-18)10-7-9(14)3-4-11(10)15/h3-4,7-8H,2,5-6,16H2,1H3. The summed E-state index contributed by atoms with van der Waals surface area (Å²) in [6, 6.07) is 2.99. The van der Waals surface area contributed by atoms with Crippen LogP contribution in [0.3, 0.4) is 0 Å². The van der Waals surface area contributed by atoms with Crippen molar-refractivity contribution in [1.29, 1.82) is 0 Å². The minimum atomic E-state index is -3.14. The van der Waals surface area contributed by atoms with Crippen molar-refractivity contribution in [2.45, 2.75) is 13.5 Å². The number of nitrogen functional groups attached to an aromatic ring is 1. The topological polar surface area (TPSA) is 78.0 Å². The summed E-state index contributed by atoms with van der Waals surface area (Å²) < 4.78 is 51.1. The quantitative estimate of drug-likeness (QED) is 0.913. The Kier molecular flexibility index (Phi) is 4.26. The van der Waals surface area contributed by atoms with E-state index >= 15 is 0 Å². The Morgan fingerprint density at radius 3 is 2.71 bits per heavy atom. The van der Waals surface area contributed by atoms with Crippen LogP contribution < -0.4 is 5.73 Å². The maximum Gasteiger partial charge on any atom is 0.151 e. The van der Waals surface area contributed by atoms with Crippen LogP contribution in [-0.2, 0) is 16.4 Å². The van der Waals surface area contributed by atoms with Crippen LogP contribution in [0.5, 0.6) is 0 Å². The van der Waals surface area contributed by atoms with E-state index in [2.05, 4.69) is 5.10 Å². The van der Waals surface area contributed by atoms with E-state index in [1.807, 2.05) is 0 Å². The van der Waals surface area contributed by atoms with Crippen LogP contribution in [-0.4, -0.2) is 29.7 Å². The van der Waals surface area contributed by atoms with Gasteiger partial charge in [0.25, 0.3) is 0 Å². The van der Waals surface area contributed by atoms with Gasteiger partial charge >= 0.3 is 0 Å². The van der Waals surface area contributed by atoms with Crippen molar-refractivity contribution >= 4 is 15.5 Å². The summed E-state index contributed by atoms with van der Waals surface area (Å²) >= 11 is 0. The normalized spacial score (nSPS) is 11.8. The number of nitrogens with zero attached hydrogens (tertiary/aromatic N) is 2. The molecule has 0 spiro atoms. The minimum Gasteiger partial charge on any atom is -0.396 e. The molecule has 0 saturated heterocycles. The summed E-state index contributed by atoms with van der Waals surface area (Å²) in [5.41, 5.74) is 5.95. The highest BCUT2D eigenvalue weighted by atomic mass is 32.2. The summed E-state index contributed by atoms with van der Waals surface area (Å²) in [5, 5.41) is 4.04. The molecule has 0 aliphatic rings. The molecule has 0 bridgehead atoms. The van der Waals surface area contributed by atoms with Gasteiger partial charge in [0.05, 0.1) is 18.0 Å². The zero-order chi connectivity index (χ0) is 15.6. The van der Waals surface area contributed by atoms with Crippen molar-refractivity contribution < 1.29 is 17.2 Å². The smallest absolute Gasteiger partial charge is 0.151 e. The van der Waals surface area contributed by atoms with Gasteiger partial charge in [-0.25, -0.2) is 17.2 Å². The third-order valence-corrected chi connectivity index (χ3v) is 4.73. The fourth-order valence-electron chi connectivity index (χ4n) is 1.82. The Morgan fingerprint density at radius 1 is 1.33 bits per heavy atom. The molecule has 0 atom stereocenters. The van der Waals surface area contributed by atoms with Crippen molar-refractivity contribution in [3.8, 4) is 11.3 Å². The predicted octanol–water partition coefficient (Wildman–Crippen LogP) is 1.85. The van der Waals surface area contributed by atoms with Crippen LogP contribution in [0.15, 0.2) is 24.4 Å². The molecule has 0 fully saturated rings. The molecule has 1 aromatic carbocycles. The van der Waals surface area contributed by atoms with E-state index in [1.165, 1.54) is 10.9 Å². The highest BCUT2D eigenvalue weighted by molar-refractivity contribution is 7.91. The molecular weight excluding hydrogens is 300 g/mol. The zero-order valence-corrected chi connectivity index (χ0v) is 12.2. The Balaban J connectivity index is 2.29. The molecule has 1 heterocycles. The highest BCUT2D eigenvalue weighted by Crippen LogP contribution is 2.27. The molecule has 8 heteroatoms. The van der Waals surface area contributed by atoms with Gasteiger partial charge in [-0.3, -0.25) is 4.68 Å². The lowest BCUT2D eigenvalue weighted by atomic mass is 10.1. The number of aromatic nitrogens is 2. The van der Waals surface area contributed by atoms with Crippen LogP contribution in [0.1, 0.15) is 6.92 Å². The number of anilines is 1. The lowest BCUT2D eigenvalue weighted by molar-refractivity contribution is 0.581. The number of hydrogen-bond donors (Lipinski definition) is 1. The van der Waals surface area contributed by atoms with Crippen LogP contribution in [0.4, 0.5) is 14.5 Å². The van der Waals surface area contributed by atoms with E-state index in [0.717, 1.165) is 18.2 Å². The molecule has 2 N–H and O–H groups in total. The fraction of sp³-hybridized carbons (Fsp3) is 0.308. The lowest BCUT2D eigenvalue weighted by Gasteiger charge is -2.02. The number of rotatable bonds is 5. The van der Waals surface area contributed by atoms with Crippen molar-refractivity contribution in [3.05, 3.63) is 36.0 Å². The summed E-state index contributed by atoms with van der Waals surface area (Å²) in [5.74, 6) is -1.30. The Morgan fingerprint density at radius 2 is 2.05 bits per heavy atom. The first-order valence-electron chi connectivity index (χ1n) is 6.31. The third kappa shape index (κ3) is 3.57. The number of benzene rings is 1. The summed E-state index contributed by atoms with van der Waals surface area (Å²) in [6.07, 6.45) is 1.41. The zero-order valence-electron chi connectivity index (χ0n) is 11.4. The molecule has 21 heavy (non-hydrogen) atoms. The van der Waals surface area contributed by atoms with Gasteiger partial charge in [0, 0.05) is 17.5 Å². The first-order chi connectivity index (χ1) is 9.82. The predicted molar refractivity (Wildman–Crippen MR) is 76.3 cm³/mol. The van der Waals surface area contributed by atoms with Gasteiger partial charge in [-0.15, -0.1) is 0 Å². The number of halogens is 2. The second-order valence-electron chi connectivity index (χ2n) is 4.56. The monoisotopic (exact) mass is 315 g/mol.